The molecule has 1 saturated carbocycles. The van der Waals surface area contributed by atoms with Crippen LogP contribution in [0.2, 0.25) is 0 Å². The summed E-state index contributed by atoms with van der Waals surface area (Å²) in [4.78, 5) is 0. The Kier molecular flexibility index (Phi) is 3.83. The maximum Gasteiger partial charge on any atom is 0.185 e. The molecule has 0 aromatic heterocycles. The average molecular weight is 292 g/mol. The predicted molar refractivity (Wildman–Crippen MR) is 72.2 cm³/mol. The van der Waals surface area contributed by atoms with E-state index < -0.39 is 6.49 Å². The highest BCUT2D eigenvalue weighted by atomic mass is 32.5. The molecule has 0 unspecified atom stereocenters. The topological polar surface area (TPSA) is 36.9 Å². The van der Waals surface area contributed by atoms with E-state index in [2.05, 4.69) is 0 Å². The summed E-state index contributed by atoms with van der Waals surface area (Å²) in [5.41, 5.74) is 0. The molecule has 18 heavy (non-hydrogen) atoms. The highest BCUT2D eigenvalue weighted by Crippen LogP contribution is 2.50. The van der Waals surface area contributed by atoms with E-state index in [1.165, 1.54) is 0 Å². The molecule has 3 rings (SSSR count). The van der Waals surface area contributed by atoms with E-state index in [9.17, 15) is 0 Å². The van der Waals surface area contributed by atoms with Crippen LogP contribution in [0.5, 0.6) is 0 Å². The molecule has 1 spiro atoms. The van der Waals surface area contributed by atoms with Crippen molar-refractivity contribution in [3.63, 3.8) is 0 Å². The molecule has 104 valence electrons. The van der Waals surface area contributed by atoms with E-state index in [1.54, 1.807) is 0 Å². The highest BCUT2D eigenvalue weighted by molar-refractivity contribution is 8.09. The van der Waals surface area contributed by atoms with Gasteiger partial charge in [0.2, 0.25) is 0 Å². The van der Waals surface area contributed by atoms with Crippen LogP contribution in [0.4, 0.5) is 0 Å². The summed E-state index contributed by atoms with van der Waals surface area (Å²) in [6.07, 6.45) is 4.30. The lowest BCUT2D eigenvalue weighted by Gasteiger charge is -2.40. The third-order valence-corrected chi connectivity index (χ3v) is 6.19. The van der Waals surface area contributed by atoms with E-state index in [0.29, 0.717) is 11.8 Å². The van der Waals surface area contributed by atoms with Crippen LogP contribution in [-0.4, -0.2) is 38.9 Å². The Morgan fingerprint density at radius 1 is 1.00 bits per heavy atom. The van der Waals surface area contributed by atoms with Crippen molar-refractivity contribution in [1.82, 2.24) is 0 Å². The third kappa shape index (κ3) is 2.82. The van der Waals surface area contributed by atoms with Crippen LogP contribution in [0.25, 0.3) is 0 Å². The monoisotopic (exact) mass is 292 g/mol. The fourth-order valence-corrected chi connectivity index (χ4v) is 4.52. The van der Waals surface area contributed by atoms with Gasteiger partial charge in [-0.15, -0.1) is 0 Å². The fourth-order valence-electron chi connectivity index (χ4n) is 3.16. The standard InChI is InChI=1S/C12H21O4PS/c1-17(18)15-8-11(9-16-17)10-2-4-12(5-3-10)13-6-7-14-12/h10-11H,2-9H2,1H3. The lowest BCUT2D eigenvalue weighted by molar-refractivity contribution is -0.186. The van der Waals surface area contributed by atoms with Gasteiger partial charge in [-0.2, -0.15) is 0 Å². The van der Waals surface area contributed by atoms with Gasteiger partial charge in [0, 0.05) is 25.4 Å². The average Bonchev–Trinajstić information content (AvgIpc) is 2.79. The van der Waals surface area contributed by atoms with Crippen LogP contribution in [-0.2, 0) is 30.3 Å². The summed E-state index contributed by atoms with van der Waals surface area (Å²) < 4.78 is 22.9. The number of hydrogen-bond donors (Lipinski definition) is 0. The van der Waals surface area contributed by atoms with Crippen LogP contribution in [0.1, 0.15) is 25.7 Å². The van der Waals surface area contributed by atoms with Gasteiger partial charge in [-0.25, -0.2) is 0 Å². The Bertz CT molecular complexity index is 334. The summed E-state index contributed by atoms with van der Waals surface area (Å²) in [5, 5.41) is 0. The molecular weight excluding hydrogens is 271 g/mol. The number of rotatable bonds is 1. The Morgan fingerprint density at radius 2 is 1.56 bits per heavy atom. The van der Waals surface area contributed by atoms with Gasteiger partial charge in [0.25, 0.3) is 0 Å². The quantitative estimate of drug-likeness (QED) is 0.694. The van der Waals surface area contributed by atoms with Crippen molar-refractivity contribution in [3.8, 4) is 0 Å². The number of hydrogen-bond acceptors (Lipinski definition) is 5. The van der Waals surface area contributed by atoms with Crippen molar-refractivity contribution < 1.29 is 18.5 Å². The minimum Gasteiger partial charge on any atom is -0.348 e. The Labute approximate surface area is 113 Å². The van der Waals surface area contributed by atoms with Crippen LogP contribution < -0.4 is 0 Å². The Hall–Kier alpha value is 0.490. The second-order valence-electron chi connectivity index (χ2n) is 5.57. The minimum absolute atomic E-state index is 0.258. The van der Waals surface area contributed by atoms with E-state index in [-0.39, 0.29) is 5.79 Å². The smallest absolute Gasteiger partial charge is 0.185 e. The van der Waals surface area contributed by atoms with Crippen molar-refractivity contribution >= 4 is 18.3 Å². The zero-order valence-corrected chi connectivity index (χ0v) is 12.5. The molecule has 0 atom stereocenters. The molecule has 2 heterocycles. The van der Waals surface area contributed by atoms with E-state index in [0.717, 1.165) is 52.1 Å². The van der Waals surface area contributed by atoms with Crippen LogP contribution in [0, 0.1) is 11.8 Å². The van der Waals surface area contributed by atoms with Crippen molar-refractivity contribution in [2.24, 2.45) is 11.8 Å². The van der Waals surface area contributed by atoms with Crippen LogP contribution in [0.3, 0.4) is 0 Å². The van der Waals surface area contributed by atoms with Crippen molar-refractivity contribution in [2.75, 3.05) is 33.1 Å². The second kappa shape index (κ2) is 5.12. The molecule has 2 aliphatic heterocycles. The Balaban J connectivity index is 1.52. The molecule has 0 aromatic rings. The zero-order valence-electron chi connectivity index (χ0n) is 10.8. The lowest BCUT2D eigenvalue weighted by Crippen LogP contribution is -2.39. The van der Waals surface area contributed by atoms with E-state index in [4.69, 9.17) is 30.3 Å². The fraction of sp³-hybridized carbons (Fsp3) is 1.00. The summed E-state index contributed by atoms with van der Waals surface area (Å²) in [6, 6.07) is 0. The van der Waals surface area contributed by atoms with Gasteiger partial charge in [0.15, 0.2) is 12.3 Å². The zero-order chi connectivity index (χ0) is 12.6. The maximum atomic E-state index is 5.75. The first-order valence-electron chi connectivity index (χ1n) is 6.73. The summed E-state index contributed by atoms with van der Waals surface area (Å²) in [6.45, 7) is 3.03. The summed E-state index contributed by atoms with van der Waals surface area (Å²) >= 11 is 5.26. The van der Waals surface area contributed by atoms with Gasteiger partial charge >= 0.3 is 0 Å². The predicted octanol–water partition coefficient (Wildman–Crippen LogP) is 2.52. The number of ether oxygens (including phenoxy) is 2. The molecule has 3 aliphatic rings. The molecule has 0 N–H and O–H groups in total. The molecule has 0 bridgehead atoms. The maximum absolute atomic E-state index is 5.75. The molecule has 1 aliphatic carbocycles. The molecule has 6 heteroatoms. The first kappa shape index (κ1) is 13.5. The van der Waals surface area contributed by atoms with Crippen molar-refractivity contribution in [2.45, 2.75) is 31.5 Å². The first-order valence-corrected chi connectivity index (χ1v) is 9.82. The van der Waals surface area contributed by atoms with E-state index in [1.807, 2.05) is 6.66 Å². The van der Waals surface area contributed by atoms with E-state index >= 15 is 0 Å². The molecule has 3 fully saturated rings. The molecule has 0 radical (unpaired) electrons. The van der Waals surface area contributed by atoms with Gasteiger partial charge < -0.3 is 18.5 Å². The molecule has 0 amide bonds. The lowest BCUT2D eigenvalue weighted by atomic mass is 9.78. The summed E-state index contributed by atoms with van der Waals surface area (Å²) in [7, 11) is 0. The van der Waals surface area contributed by atoms with Gasteiger partial charge in [-0.1, -0.05) is 0 Å². The molecular formula is C12H21O4PS. The van der Waals surface area contributed by atoms with Gasteiger partial charge in [0.05, 0.1) is 26.4 Å². The molecule has 0 aromatic carbocycles. The van der Waals surface area contributed by atoms with Crippen LogP contribution >= 0.6 is 6.49 Å². The van der Waals surface area contributed by atoms with Crippen molar-refractivity contribution in [1.29, 1.82) is 0 Å². The summed E-state index contributed by atoms with van der Waals surface area (Å²) in [5.74, 6) is 0.908. The van der Waals surface area contributed by atoms with Gasteiger partial charge in [-0.3, -0.25) is 0 Å². The van der Waals surface area contributed by atoms with Gasteiger partial charge in [-0.05, 0) is 30.6 Å². The SMILES string of the molecule is CP1(=S)OCC(C2CCC3(CC2)OCCO3)CO1. The molecule has 2 saturated heterocycles. The Morgan fingerprint density at radius 3 is 2.11 bits per heavy atom. The largest absolute Gasteiger partial charge is 0.348 e. The second-order valence-corrected chi connectivity index (χ2v) is 9.62. The highest BCUT2D eigenvalue weighted by Gasteiger charge is 2.42. The van der Waals surface area contributed by atoms with Crippen molar-refractivity contribution in [3.05, 3.63) is 0 Å². The molecule has 4 nitrogen and oxygen atoms in total. The van der Waals surface area contributed by atoms with Gasteiger partial charge in [0.1, 0.15) is 0 Å². The van der Waals surface area contributed by atoms with Crippen LogP contribution in [0.15, 0.2) is 0 Å². The normalized spacial score (nSPS) is 41.3. The first-order chi connectivity index (χ1) is 8.59. The minimum atomic E-state index is -1.92. The third-order valence-electron chi connectivity index (χ3n) is 4.32.